The number of hydrogen-bond acceptors (Lipinski definition) is 1. The Kier molecular flexibility index (Phi) is 6.67. The molecule has 0 aliphatic carbocycles. The molecule has 0 fully saturated rings. The van der Waals surface area contributed by atoms with Gasteiger partial charge in [0, 0.05) is 10.8 Å². The molecule has 1 nitrogen and oxygen atoms in total. The van der Waals surface area contributed by atoms with Crippen molar-refractivity contribution in [3.05, 3.63) is 71.8 Å². The zero-order valence-electron chi connectivity index (χ0n) is 20.3. The van der Waals surface area contributed by atoms with Crippen LogP contribution in [0.15, 0.2) is 65.1 Å². The number of aryl methyl sites for hydroxylation is 2. The highest BCUT2D eigenvalue weighted by molar-refractivity contribution is 6.13. The Balaban J connectivity index is 1.47. The quantitative estimate of drug-likeness (QED) is 0.198. The van der Waals surface area contributed by atoms with E-state index in [0.717, 1.165) is 11.2 Å². The lowest BCUT2D eigenvalue weighted by Gasteiger charge is -2.05. The molecule has 1 heteroatoms. The van der Waals surface area contributed by atoms with Crippen LogP contribution in [0, 0.1) is 0 Å². The average molecular weight is 437 g/mol. The molecule has 0 unspecified atom stereocenters. The van der Waals surface area contributed by atoms with Gasteiger partial charge in [0.2, 0.25) is 0 Å². The van der Waals surface area contributed by atoms with Crippen molar-refractivity contribution in [2.24, 2.45) is 0 Å². The van der Waals surface area contributed by atoms with Gasteiger partial charge in [0.05, 0.1) is 0 Å². The van der Waals surface area contributed by atoms with Crippen molar-refractivity contribution in [1.29, 1.82) is 0 Å². The van der Waals surface area contributed by atoms with E-state index in [1.54, 1.807) is 0 Å². The Bertz CT molecular complexity index is 1280. The van der Waals surface area contributed by atoms with Crippen LogP contribution >= 0.6 is 0 Å². The molecule has 5 rings (SSSR count). The first kappa shape index (κ1) is 22.0. The number of fused-ring (bicyclic) bond motifs is 5. The topological polar surface area (TPSA) is 13.1 Å². The Morgan fingerprint density at radius 1 is 0.485 bits per heavy atom. The second-order valence-corrected chi connectivity index (χ2v) is 9.78. The van der Waals surface area contributed by atoms with Crippen molar-refractivity contribution in [1.82, 2.24) is 0 Å². The van der Waals surface area contributed by atoms with E-state index in [-0.39, 0.29) is 0 Å². The summed E-state index contributed by atoms with van der Waals surface area (Å²) in [4.78, 5) is 0. The van der Waals surface area contributed by atoms with Gasteiger partial charge in [0.1, 0.15) is 11.2 Å². The number of benzene rings is 4. The van der Waals surface area contributed by atoms with Crippen LogP contribution in [0.25, 0.3) is 43.5 Å². The van der Waals surface area contributed by atoms with Crippen molar-refractivity contribution in [2.75, 3.05) is 0 Å². The fourth-order valence-corrected chi connectivity index (χ4v) is 5.18. The number of unbranched alkanes of at least 4 members (excludes halogenated alkanes) is 6. The van der Waals surface area contributed by atoms with Crippen molar-refractivity contribution in [3.63, 3.8) is 0 Å². The van der Waals surface area contributed by atoms with Crippen molar-refractivity contribution in [2.45, 2.75) is 78.1 Å². The molecule has 5 aromatic rings. The van der Waals surface area contributed by atoms with Crippen LogP contribution in [0.3, 0.4) is 0 Å². The van der Waals surface area contributed by atoms with Crippen molar-refractivity contribution >= 4 is 43.5 Å². The van der Waals surface area contributed by atoms with Crippen LogP contribution in [0.4, 0.5) is 0 Å². The van der Waals surface area contributed by atoms with Gasteiger partial charge in [-0.3, -0.25) is 0 Å². The molecule has 0 aliphatic heterocycles. The van der Waals surface area contributed by atoms with Crippen molar-refractivity contribution in [3.8, 4) is 0 Å². The van der Waals surface area contributed by atoms with Gasteiger partial charge in [-0.1, -0.05) is 88.8 Å². The lowest BCUT2D eigenvalue weighted by molar-refractivity contribution is 0.666. The molecule has 1 aromatic heterocycles. The van der Waals surface area contributed by atoms with Crippen LogP contribution in [0.5, 0.6) is 0 Å². The maximum atomic E-state index is 6.37. The summed E-state index contributed by atoms with van der Waals surface area (Å²) in [6.45, 7) is 4.54. The third kappa shape index (κ3) is 4.78. The Morgan fingerprint density at radius 2 is 0.970 bits per heavy atom. The standard InChI is InChI=1S/C32H36O/c1-3-5-7-9-11-23-13-15-25-19-29-30-20-26-16-14-24(12-10-8-6-4-2)18-28(26)22-32(30)33-31(29)21-27(25)17-23/h13-22H,3-12H2,1-2H3. The second kappa shape index (κ2) is 10.00. The summed E-state index contributed by atoms with van der Waals surface area (Å²) < 4.78 is 6.37. The molecule has 0 amide bonds. The van der Waals surface area contributed by atoms with Gasteiger partial charge in [0.25, 0.3) is 0 Å². The van der Waals surface area contributed by atoms with E-state index < -0.39 is 0 Å². The molecule has 0 saturated heterocycles. The normalized spacial score (nSPS) is 11.9. The highest BCUT2D eigenvalue weighted by Gasteiger charge is 2.11. The maximum Gasteiger partial charge on any atom is 0.136 e. The van der Waals surface area contributed by atoms with E-state index in [9.17, 15) is 0 Å². The van der Waals surface area contributed by atoms with E-state index in [4.69, 9.17) is 4.42 Å². The largest absolute Gasteiger partial charge is 0.456 e. The third-order valence-electron chi connectivity index (χ3n) is 7.15. The second-order valence-electron chi connectivity index (χ2n) is 9.78. The van der Waals surface area contributed by atoms with Crippen LogP contribution < -0.4 is 0 Å². The molecule has 0 atom stereocenters. The molecule has 1 heterocycles. The van der Waals surface area contributed by atoms with E-state index in [0.29, 0.717) is 0 Å². The fourth-order valence-electron chi connectivity index (χ4n) is 5.18. The van der Waals surface area contributed by atoms with Crippen molar-refractivity contribution < 1.29 is 4.42 Å². The lowest BCUT2D eigenvalue weighted by Crippen LogP contribution is -1.86. The average Bonchev–Trinajstić information content (AvgIpc) is 3.17. The predicted molar refractivity (Wildman–Crippen MR) is 144 cm³/mol. The molecule has 0 N–H and O–H groups in total. The lowest BCUT2D eigenvalue weighted by atomic mass is 9.99. The van der Waals surface area contributed by atoms with E-state index in [1.165, 1.54) is 108 Å². The molecule has 0 radical (unpaired) electrons. The summed E-state index contributed by atoms with van der Waals surface area (Å²) in [7, 11) is 0. The molecule has 0 spiro atoms. The SMILES string of the molecule is CCCCCCc1ccc2cc3c(cc2c1)oc1cc2cc(CCCCCC)ccc2cc13. The van der Waals surface area contributed by atoms with Gasteiger partial charge < -0.3 is 4.42 Å². The zero-order chi connectivity index (χ0) is 22.6. The molecule has 0 bridgehead atoms. The predicted octanol–water partition coefficient (Wildman–Crippen LogP) is 10.1. The number of furan rings is 1. The van der Waals surface area contributed by atoms with Crippen LogP contribution in [0.2, 0.25) is 0 Å². The minimum atomic E-state index is 0.996. The molecule has 33 heavy (non-hydrogen) atoms. The smallest absolute Gasteiger partial charge is 0.136 e. The Labute approximate surface area is 197 Å². The summed E-state index contributed by atoms with van der Waals surface area (Å²) in [5, 5.41) is 7.61. The monoisotopic (exact) mass is 436 g/mol. The van der Waals surface area contributed by atoms with Gasteiger partial charge in [-0.25, -0.2) is 0 Å². The molecular formula is C32H36O. The minimum absolute atomic E-state index is 0.996. The molecule has 170 valence electrons. The minimum Gasteiger partial charge on any atom is -0.456 e. The van der Waals surface area contributed by atoms with E-state index in [2.05, 4.69) is 74.5 Å². The first-order chi connectivity index (χ1) is 16.2. The van der Waals surface area contributed by atoms with Gasteiger partial charge >= 0.3 is 0 Å². The maximum absolute atomic E-state index is 6.37. The molecule has 0 saturated carbocycles. The van der Waals surface area contributed by atoms with Crippen LogP contribution in [-0.4, -0.2) is 0 Å². The number of rotatable bonds is 10. The molecule has 4 aromatic carbocycles. The Morgan fingerprint density at radius 3 is 1.42 bits per heavy atom. The summed E-state index contributed by atoms with van der Waals surface area (Å²) in [5.74, 6) is 0. The molecule has 0 aliphatic rings. The van der Waals surface area contributed by atoms with E-state index >= 15 is 0 Å². The Hall–Kier alpha value is -2.80. The van der Waals surface area contributed by atoms with Crippen LogP contribution in [-0.2, 0) is 12.8 Å². The van der Waals surface area contributed by atoms with Gasteiger partial charge in [-0.2, -0.15) is 0 Å². The van der Waals surface area contributed by atoms with Gasteiger partial charge in [-0.15, -0.1) is 0 Å². The summed E-state index contributed by atoms with van der Waals surface area (Å²) in [5.41, 5.74) is 4.86. The summed E-state index contributed by atoms with van der Waals surface area (Å²) in [6.07, 6.45) is 12.8. The summed E-state index contributed by atoms with van der Waals surface area (Å²) >= 11 is 0. The number of hydrogen-bond donors (Lipinski definition) is 0. The first-order valence-corrected chi connectivity index (χ1v) is 13.1. The van der Waals surface area contributed by atoms with Crippen LogP contribution in [0.1, 0.15) is 76.3 Å². The highest BCUT2D eigenvalue weighted by atomic mass is 16.3. The van der Waals surface area contributed by atoms with Gasteiger partial charge in [-0.05, 0) is 82.6 Å². The van der Waals surface area contributed by atoms with E-state index in [1.807, 2.05) is 0 Å². The highest BCUT2D eigenvalue weighted by Crippen LogP contribution is 2.35. The summed E-state index contributed by atoms with van der Waals surface area (Å²) in [6, 6.07) is 23.0. The van der Waals surface area contributed by atoms with Gasteiger partial charge in [0.15, 0.2) is 0 Å². The zero-order valence-corrected chi connectivity index (χ0v) is 20.3. The fraction of sp³-hybridized carbons (Fsp3) is 0.375. The molecular weight excluding hydrogens is 400 g/mol. The third-order valence-corrected chi connectivity index (χ3v) is 7.15. The first-order valence-electron chi connectivity index (χ1n) is 13.1.